The lowest BCUT2D eigenvalue weighted by Crippen LogP contribution is -2.14. The van der Waals surface area contributed by atoms with E-state index in [2.05, 4.69) is 10.2 Å². The van der Waals surface area contributed by atoms with Gasteiger partial charge in [0.25, 0.3) is 0 Å². The molecule has 0 amide bonds. The van der Waals surface area contributed by atoms with Gasteiger partial charge in [0, 0.05) is 10.4 Å². The summed E-state index contributed by atoms with van der Waals surface area (Å²) in [7, 11) is -3.31. The fraction of sp³-hybridized carbons (Fsp3) is 0.364. The Labute approximate surface area is 110 Å². The highest BCUT2D eigenvalue weighted by Crippen LogP contribution is 2.48. The molecule has 0 unspecified atom stereocenters. The van der Waals surface area contributed by atoms with E-state index >= 15 is 0 Å². The normalized spacial score (nSPS) is 11.9. The molecule has 0 spiro atoms. The third kappa shape index (κ3) is 2.57. The average molecular weight is 286 g/mol. The van der Waals surface area contributed by atoms with E-state index in [-0.39, 0.29) is 0 Å². The van der Waals surface area contributed by atoms with Crippen molar-refractivity contribution < 1.29 is 13.6 Å². The highest BCUT2D eigenvalue weighted by atomic mass is 32.1. The van der Waals surface area contributed by atoms with Crippen molar-refractivity contribution in [2.24, 2.45) is 0 Å². The molecule has 0 fully saturated rings. The van der Waals surface area contributed by atoms with E-state index in [0.717, 1.165) is 10.4 Å². The molecule has 0 saturated carbocycles. The number of hydrogen-bond acceptors (Lipinski definition) is 5. The van der Waals surface area contributed by atoms with Gasteiger partial charge in [0.1, 0.15) is 0 Å². The van der Waals surface area contributed by atoms with E-state index in [1.165, 1.54) is 0 Å². The molecule has 5 nitrogen and oxygen atoms in total. The fourth-order valence-corrected chi connectivity index (χ4v) is 4.09. The van der Waals surface area contributed by atoms with Crippen molar-refractivity contribution in [1.82, 2.24) is 10.2 Å². The summed E-state index contributed by atoms with van der Waals surface area (Å²) in [5, 5.41) is 8.66. The lowest BCUT2D eigenvalue weighted by Gasteiger charge is -2.16. The van der Waals surface area contributed by atoms with Crippen LogP contribution in [0, 0.1) is 0 Å². The molecule has 0 aliphatic carbocycles. The molecule has 0 bridgehead atoms. The zero-order valence-corrected chi connectivity index (χ0v) is 12.0. The smallest absolute Gasteiger partial charge is 0.304 e. The van der Waals surface area contributed by atoms with Gasteiger partial charge in [0.15, 0.2) is 5.44 Å². The number of rotatable bonds is 6. The summed E-state index contributed by atoms with van der Waals surface area (Å²) in [6.45, 7) is 4.21. The van der Waals surface area contributed by atoms with Crippen molar-refractivity contribution in [3.8, 4) is 10.4 Å². The summed E-state index contributed by atoms with van der Waals surface area (Å²) >= 11 is 1.55. The second-order valence-electron chi connectivity index (χ2n) is 3.44. The number of H-pyrrole nitrogens is 1. The minimum atomic E-state index is -3.31. The Morgan fingerprint density at radius 2 is 2.11 bits per heavy atom. The first-order valence-electron chi connectivity index (χ1n) is 5.68. The van der Waals surface area contributed by atoms with Crippen LogP contribution >= 0.6 is 18.9 Å². The van der Waals surface area contributed by atoms with E-state index in [1.807, 2.05) is 17.5 Å². The highest BCUT2D eigenvalue weighted by Gasteiger charge is 2.32. The van der Waals surface area contributed by atoms with Crippen molar-refractivity contribution in [3.63, 3.8) is 0 Å². The standard InChI is InChI=1S/C11H15N2O3PS/c1-3-15-17(14,16-4-2)11-9(8-12-13-11)10-6-5-7-18-10/h5-8H,3-4H2,1-2H3,(H,12,13). The van der Waals surface area contributed by atoms with E-state index < -0.39 is 7.60 Å². The summed E-state index contributed by atoms with van der Waals surface area (Å²) in [4.78, 5) is 0.985. The largest absolute Gasteiger partial charge is 0.379 e. The first kappa shape index (κ1) is 13.5. The van der Waals surface area contributed by atoms with Gasteiger partial charge in [-0.15, -0.1) is 11.3 Å². The first-order valence-corrected chi connectivity index (χ1v) is 8.10. The molecule has 0 aliphatic heterocycles. The van der Waals surface area contributed by atoms with Gasteiger partial charge in [0.2, 0.25) is 0 Å². The molecule has 18 heavy (non-hydrogen) atoms. The maximum absolute atomic E-state index is 12.7. The maximum atomic E-state index is 12.7. The second kappa shape index (κ2) is 5.80. The van der Waals surface area contributed by atoms with Crippen molar-refractivity contribution in [1.29, 1.82) is 0 Å². The maximum Gasteiger partial charge on any atom is 0.379 e. The molecule has 7 heteroatoms. The van der Waals surface area contributed by atoms with Crippen molar-refractivity contribution in [2.45, 2.75) is 13.8 Å². The summed E-state index contributed by atoms with van der Waals surface area (Å²) in [6, 6.07) is 3.88. The Bertz CT molecular complexity index is 528. The molecule has 0 saturated heterocycles. The van der Waals surface area contributed by atoms with E-state index in [9.17, 15) is 4.57 Å². The zero-order chi connectivity index (χ0) is 13.0. The van der Waals surface area contributed by atoms with Crippen LogP contribution < -0.4 is 5.44 Å². The summed E-state index contributed by atoms with van der Waals surface area (Å²) < 4.78 is 23.3. The van der Waals surface area contributed by atoms with Crippen molar-refractivity contribution >= 4 is 24.4 Å². The minimum Gasteiger partial charge on any atom is -0.304 e. The zero-order valence-electron chi connectivity index (χ0n) is 10.3. The molecule has 2 rings (SSSR count). The van der Waals surface area contributed by atoms with Gasteiger partial charge in [-0.05, 0) is 25.3 Å². The number of aromatic nitrogens is 2. The van der Waals surface area contributed by atoms with Gasteiger partial charge >= 0.3 is 7.60 Å². The van der Waals surface area contributed by atoms with Crippen molar-refractivity contribution in [3.05, 3.63) is 23.7 Å². The predicted molar refractivity (Wildman–Crippen MR) is 72.4 cm³/mol. The molecule has 2 aromatic heterocycles. The molecular weight excluding hydrogens is 271 g/mol. The van der Waals surface area contributed by atoms with E-state index in [0.29, 0.717) is 18.6 Å². The van der Waals surface area contributed by atoms with Crippen LogP contribution in [-0.2, 0) is 13.6 Å². The Balaban J connectivity index is 2.43. The van der Waals surface area contributed by atoms with Crippen LogP contribution in [0.4, 0.5) is 0 Å². The van der Waals surface area contributed by atoms with Crippen LogP contribution in [-0.4, -0.2) is 23.4 Å². The van der Waals surface area contributed by atoms with Crippen LogP contribution in [0.2, 0.25) is 0 Å². The number of thiophene rings is 1. The SMILES string of the molecule is CCOP(=O)(OCC)c1[nH]ncc1-c1cccs1. The van der Waals surface area contributed by atoms with Crippen molar-refractivity contribution in [2.75, 3.05) is 13.2 Å². The predicted octanol–water partition coefficient (Wildman–Crippen LogP) is 3.03. The van der Waals surface area contributed by atoms with Crippen LogP contribution in [0.25, 0.3) is 10.4 Å². The number of hydrogen-bond donors (Lipinski definition) is 1. The van der Waals surface area contributed by atoms with E-state index in [1.54, 1.807) is 31.4 Å². The average Bonchev–Trinajstić information content (AvgIpc) is 3.00. The lowest BCUT2D eigenvalue weighted by molar-refractivity contribution is 0.229. The van der Waals surface area contributed by atoms with E-state index in [4.69, 9.17) is 9.05 Å². The summed E-state index contributed by atoms with van der Waals surface area (Å²) in [5.41, 5.74) is 1.20. The molecule has 0 aromatic carbocycles. The van der Waals surface area contributed by atoms with Crippen LogP contribution in [0.1, 0.15) is 13.8 Å². The summed E-state index contributed by atoms with van der Waals surface area (Å²) in [5.74, 6) is 0. The molecule has 1 N–H and O–H groups in total. The van der Waals surface area contributed by atoms with Crippen LogP contribution in [0.5, 0.6) is 0 Å². The topological polar surface area (TPSA) is 64.2 Å². The molecule has 0 radical (unpaired) electrons. The second-order valence-corrected chi connectivity index (χ2v) is 6.35. The number of nitrogens with zero attached hydrogens (tertiary/aromatic N) is 1. The molecule has 0 atom stereocenters. The van der Waals surface area contributed by atoms with Gasteiger partial charge in [0.05, 0.1) is 19.4 Å². The molecule has 2 heterocycles. The first-order chi connectivity index (χ1) is 8.71. The molecule has 0 aliphatic rings. The fourth-order valence-electron chi connectivity index (χ4n) is 1.61. The van der Waals surface area contributed by atoms with Gasteiger partial charge in [-0.2, -0.15) is 5.10 Å². The minimum absolute atomic E-state index is 0.320. The Kier molecular flexibility index (Phi) is 4.35. The lowest BCUT2D eigenvalue weighted by atomic mass is 10.3. The highest BCUT2D eigenvalue weighted by molar-refractivity contribution is 7.62. The third-order valence-electron chi connectivity index (χ3n) is 2.28. The third-order valence-corrected chi connectivity index (χ3v) is 5.27. The molecule has 98 valence electrons. The molecule has 2 aromatic rings. The van der Waals surface area contributed by atoms with Gasteiger partial charge in [-0.3, -0.25) is 9.66 Å². The van der Waals surface area contributed by atoms with Gasteiger partial charge in [-0.1, -0.05) is 6.07 Å². The Hall–Kier alpha value is -0.940. The number of nitrogens with one attached hydrogen (secondary N) is 1. The Morgan fingerprint density at radius 3 is 2.67 bits per heavy atom. The summed E-state index contributed by atoms with van der Waals surface area (Å²) in [6.07, 6.45) is 1.64. The van der Waals surface area contributed by atoms with Crippen LogP contribution in [0.3, 0.4) is 0 Å². The van der Waals surface area contributed by atoms with Gasteiger partial charge in [-0.25, -0.2) is 0 Å². The number of aromatic amines is 1. The monoisotopic (exact) mass is 286 g/mol. The molecular formula is C11H15N2O3PS. The van der Waals surface area contributed by atoms with Crippen LogP contribution in [0.15, 0.2) is 23.7 Å². The van der Waals surface area contributed by atoms with Gasteiger partial charge < -0.3 is 9.05 Å². The Morgan fingerprint density at radius 1 is 1.39 bits per heavy atom. The quantitative estimate of drug-likeness (QED) is 0.829.